The molecule has 0 saturated carbocycles. The molecule has 2 aromatic rings. The molecule has 5 heteroatoms. The third-order valence-electron chi connectivity index (χ3n) is 3.94. The summed E-state index contributed by atoms with van der Waals surface area (Å²) in [6, 6.07) is 10.3. The van der Waals surface area contributed by atoms with Crippen molar-refractivity contribution in [2.45, 2.75) is 33.7 Å². The summed E-state index contributed by atoms with van der Waals surface area (Å²) >= 11 is 5.49. The van der Waals surface area contributed by atoms with Gasteiger partial charge in [0.15, 0.2) is 16.7 Å². The van der Waals surface area contributed by atoms with Crippen molar-refractivity contribution < 1.29 is 4.74 Å². The van der Waals surface area contributed by atoms with E-state index in [2.05, 4.69) is 61.5 Å². The summed E-state index contributed by atoms with van der Waals surface area (Å²) in [7, 11) is 1.62. The van der Waals surface area contributed by atoms with Gasteiger partial charge in [0.05, 0.1) is 13.2 Å². The third-order valence-corrected chi connectivity index (χ3v) is 4.16. The SMILES string of the molecule is COc1cccnc1NC(=S)NC(c1ccc(C)cc1C)C(C)C. The van der Waals surface area contributed by atoms with Crippen LogP contribution in [-0.2, 0) is 0 Å². The van der Waals surface area contributed by atoms with Crippen LogP contribution < -0.4 is 15.4 Å². The topological polar surface area (TPSA) is 46.2 Å². The number of ether oxygens (including phenoxy) is 1. The zero-order valence-corrected chi connectivity index (χ0v) is 15.7. The van der Waals surface area contributed by atoms with Gasteiger partial charge in [0.2, 0.25) is 0 Å². The maximum absolute atomic E-state index is 5.49. The molecular weight excluding hydrogens is 318 g/mol. The largest absolute Gasteiger partial charge is 0.493 e. The molecule has 2 N–H and O–H groups in total. The fraction of sp³-hybridized carbons (Fsp3) is 0.368. The normalized spacial score (nSPS) is 11.9. The highest BCUT2D eigenvalue weighted by Crippen LogP contribution is 2.26. The first kappa shape index (κ1) is 18.2. The summed E-state index contributed by atoms with van der Waals surface area (Å²) in [5.74, 6) is 1.66. The van der Waals surface area contributed by atoms with E-state index in [9.17, 15) is 0 Å². The van der Waals surface area contributed by atoms with Crippen LogP contribution >= 0.6 is 12.2 Å². The van der Waals surface area contributed by atoms with Crippen molar-refractivity contribution in [1.82, 2.24) is 10.3 Å². The van der Waals surface area contributed by atoms with Crippen molar-refractivity contribution >= 4 is 23.1 Å². The number of nitrogens with one attached hydrogen (secondary N) is 2. The monoisotopic (exact) mass is 343 g/mol. The number of nitrogens with zero attached hydrogens (tertiary/aromatic N) is 1. The number of hydrogen-bond acceptors (Lipinski definition) is 3. The summed E-state index contributed by atoms with van der Waals surface area (Å²) in [4.78, 5) is 4.28. The molecular formula is C19H25N3OS. The highest BCUT2D eigenvalue weighted by molar-refractivity contribution is 7.80. The number of thiocarbonyl (C=S) groups is 1. The Hall–Kier alpha value is -2.14. The molecule has 1 aromatic carbocycles. The number of methoxy groups -OCH3 is 1. The van der Waals surface area contributed by atoms with Gasteiger partial charge < -0.3 is 15.4 Å². The molecule has 1 aromatic heterocycles. The molecule has 0 aliphatic heterocycles. The molecule has 0 spiro atoms. The molecule has 0 aliphatic carbocycles. The first-order valence-electron chi connectivity index (χ1n) is 8.06. The average Bonchev–Trinajstić information content (AvgIpc) is 2.53. The van der Waals surface area contributed by atoms with E-state index in [-0.39, 0.29) is 6.04 Å². The Morgan fingerprint density at radius 2 is 1.96 bits per heavy atom. The van der Waals surface area contributed by atoms with Crippen LogP contribution in [0.25, 0.3) is 0 Å². The Labute approximate surface area is 149 Å². The van der Waals surface area contributed by atoms with Crippen molar-refractivity contribution in [3.63, 3.8) is 0 Å². The number of pyridine rings is 1. The van der Waals surface area contributed by atoms with E-state index < -0.39 is 0 Å². The molecule has 128 valence electrons. The van der Waals surface area contributed by atoms with Crippen LogP contribution in [0, 0.1) is 19.8 Å². The van der Waals surface area contributed by atoms with Crippen molar-refractivity contribution in [2.24, 2.45) is 5.92 Å². The Kier molecular flexibility index (Phi) is 6.15. The lowest BCUT2D eigenvalue weighted by molar-refractivity contribution is 0.415. The van der Waals surface area contributed by atoms with Crippen LogP contribution in [0.4, 0.5) is 5.82 Å². The van der Waals surface area contributed by atoms with Crippen molar-refractivity contribution in [1.29, 1.82) is 0 Å². The van der Waals surface area contributed by atoms with Gasteiger partial charge in [0.25, 0.3) is 0 Å². The van der Waals surface area contributed by atoms with E-state index in [4.69, 9.17) is 17.0 Å². The van der Waals surface area contributed by atoms with Gasteiger partial charge in [0, 0.05) is 6.20 Å². The number of anilines is 1. The number of benzene rings is 1. The molecule has 0 amide bonds. The minimum atomic E-state index is 0.125. The molecule has 0 bridgehead atoms. The molecule has 24 heavy (non-hydrogen) atoms. The minimum absolute atomic E-state index is 0.125. The number of rotatable bonds is 5. The quantitative estimate of drug-likeness (QED) is 0.788. The molecule has 2 rings (SSSR count). The van der Waals surface area contributed by atoms with E-state index in [1.165, 1.54) is 16.7 Å². The van der Waals surface area contributed by atoms with Gasteiger partial charge in [0.1, 0.15) is 0 Å². The second-order valence-corrected chi connectivity index (χ2v) is 6.64. The molecule has 0 radical (unpaired) electrons. The Balaban J connectivity index is 2.17. The van der Waals surface area contributed by atoms with Crippen LogP contribution in [0.3, 0.4) is 0 Å². The smallest absolute Gasteiger partial charge is 0.174 e. The standard InChI is InChI=1S/C19H25N3OS/c1-12(2)17(15-9-8-13(3)11-14(15)4)21-19(24)22-18-16(23-5)7-6-10-20-18/h6-12,17H,1-5H3,(H2,20,21,22,24). The average molecular weight is 343 g/mol. The van der Waals surface area contributed by atoms with Crippen LogP contribution in [0.15, 0.2) is 36.5 Å². The summed E-state index contributed by atoms with van der Waals surface area (Å²) in [6.45, 7) is 8.60. The molecule has 0 saturated heterocycles. The van der Waals surface area contributed by atoms with E-state index in [0.717, 1.165) is 0 Å². The molecule has 4 nitrogen and oxygen atoms in total. The Morgan fingerprint density at radius 1 is 1.21 bits per heavy atom. The molecule has 0 fully saturated rings. The first-order chi connectivity index (χ1) is 11.4. The maximum atomic E-state index is 5.49. The molecule has 1 unspecified atom stereocenters. The van der Waals surface area contributed by atoms with Gasteiger partial charge in [-0.3, -0.25) is 0 Å². The predicted octanol–water partition coefficient (Wildman–Crippen LogP) is 4.39. The summed E-state index contributed by atoms with van der Waals surface area (Å²) < 4.78 is 5.30. The van der Waals surface area contributed by atoms with Gasteiger partial charge in [-0.05, 0) is 55.2 Å². The van der Waals surface area contributed by atoms with Crippen molar-refractivity contribution in [3.05, 3.63) is 53.2 Å². The van der Waals surface area contributed by atoms with Crippen molar-refractivity contribution in [3.8, 4) is 5.75 Å². The third kappa shape index (κ3) is 4.45. The lowest BCUT2D eigenvalue weighted by Crippen LogP contribution is -2.35. The van der Waals surface area contributed by atoms with E-state index in [1.807, 2.05) is 12.1 Å². The van der Waals surface area contributed by atoms with Crippen LogP contribution in [-0.4, -0.2) is 17.2 Å². The Bertz CT molecular complexity index is 716. The van der Waals surface area contributed by atoms with Gasteiger partial charge in [-0.15, -0.1) is 0 Å². The lowest BCUT2D eigenvalue weighted by Gasteiger charge is -2.26. The molecule has 1 atom stereocenters. The number of aryl methyl sites for hydroxylation is 2. The van der Waals surface area contributed by atoms with Crippen LogP contribution in [0.1, 0.15) is 36.6 Å². The highest BCUT2D eigenvalue weighted by Gasteiger charge is 2.19. The van der Waals surface area contributed by atoms with E-state index in [0.29, 0.717) is 22.6 Å². The Morgan fingerprint density at radius 3 is 2.58 bits per heavy atom. The predicted molar refractivity (Wildman–Crippen MR) is 104 cm³/mol. The first-order valence-corrected chi connectivity index (χ1v) is 8.47. The molecule has 0 aliphatic rings. The van der Waals surface area contributed by atoms with E-state index >= 15 is 0 Å². The van der Waals surface area contributed by atoms with Gasteiger partial charge >= 0.3 is 0 Å². The maximum Gasteiger partial charge on any atom is 0.174 e. The zero-order chi connectivity index (χ0) is 17.7. The van der Waals surface area contributed by atoms with Gasteiger partial charge in [-0.1, -0.05) is 37.6 Å². The fourth-order valence-corrected chi connectivity index (χ4v) is 2.94. The minimum Gasteiger partial charge on any atom is -0.493 e. The molecule has 1 heterocycles. The van der Waals surface area contributed by atoms with Crippen LogP contribution in [0.5, 0.6) is 5.75 Å². The zero-order valence-electron chi connectivity index (χ0n) is 14.9. The number of aromatic nitrogens is 1. The van der Waals surface area contributed by atoms with Crippen molar-refractivity contribution in [2.75, 3.05) is 12.4 Å². The lowest BCUT2D eigenvalue weighted by atomic mass is 9.92. The summed E-state index contributed by atoms with van der Waals surface area (Å²) in [5, 5.41) is 7.08. The van der Waals surface area contributed by atoms with E-state index in [1.54, 1.807) is 13.3 Å². The number of hydrogen-bond donors (Lipinski definition) is 2. The summed E-state index contributed by atoms with van der Waals surface area (Å²) in [6.07, 6.45) is 1.71. The van der Waals surface area contributed by atoms with Gasteiger partial charge in [-0.25, -0.2) is 4.98 Å². The second kappa shape index (κ2) is 8.11. The second-order valence-electron chi connectivity index (χ2n) is 6.23. The summed E-state index contributed by atoms with van der Waals surface area (Å²) in [5.41, 5.74) is 3.78. The van der Waals surface area contributed by atoms with Crippen LogP contribution in [0.2, 0.25) is 0 Å². The fourth-order valence-electron chi connectivity index (χ4n) is 2.71. The van der Waals surface area contributed by atoms with Gasteiger partial charge in [-0.2, -0.15) is 0 Å². The highest BCUT2D eigenvalue weighted by atomic mass is 32.1.